The van der Waals surface area contributed by atoms with Gasteiger partial charge in [-0.3, -0.25) is 0 Å². The first-order valence-electron chi connectivity index (χ1n) is 6.47. The van der Waals surface area contributed by atoms with Gasteiger partial charge in [-0.1, -0.05) is 30.3 Å². The molecular formula is C14H20N2O2S. The van der Waals surface area contributed by atoms with Crippen LogP contribution in [0.3, 0.4) is 0 Å². The quantitative estimate of drug-likeness (QED) is 0.916. The molecule has 1 aliphatic rings. The lowest BCUT2D eigenvalue weighted by molar-refractivity contribution is 0.247. The first-order valence-corrected chi connectivity index (χ1v) is 7.98. The summed E-state index contributed by atoms with van der Waals surface area (Å²) in [7, 11) is -3.35. The highest BCUT2D eigenvalue weighted by Gasteiger charge is 2.30. The van der Waals surface area contributed by atoms with Gasteiger partial charge in [0, 0.05) is 30.6 Å². The molecule has 5 heteroatoms. The van der Waals surface area contributed by atoms with Crippen molar-refractivity contribution in [2.45, 2.75) is 25.9 Å². The Morgan fingerprint density at radius 3 is 2.63 bits per heavy atom. The van der Waals surface area contributed by atoms with E-state index in [0.717, 1.165) is 5.56 Å². The summed E-state index contributed by atoms with van der Waals surface area (Å²) in [5, 5.41) is 4.58. The van der Waals surface area contributed by atoms with Crippen molar-refractivity contribution in [3.05, 3.63) is 41.3 Å². The van der Waals surface area contributed by atoms with Crippen molar-refractivity contribution in [2.24, 2.45) is 0 Å². The van der Waals surface area contributed by atoms with Crippen molar-refractivity contribution < 1.29 is 8.42 Å². The molecule has 0 radical (unpaired) electrons. The Bertz CT molecular complexity index is 540. The van der Waals surface area contributed by atoms with Crippen molar-refractivity contribution in [1.82, 2.24) is 9.62 Å². The second kappa shape index (κ2) is 5.86. The first-order chi connectivity index (χ1) is 8.99. The lowest BCUT2D eigenvalue weighted by Crippen LogP contribution is -2.55. The van der Waals surface area contributed by atoms with Crippen LogP contribution in [0.1, 0.15) is 19.4 Å². The number of benzene rings is 1. The predicted octanol–water partition coefficient (Wildman–Crippen LogP) is 1.67. The summed E-state index contributed by atoms with van der Waals surface area (Å²) < 4.78 is 26.2. The number of sulfonamides is 1. The summed E-state index contributed by atoms with van der Waals surface area (Å²) in [4.78, 5) is 0. The fourth-order valence-electron chi connectivity index (χ4n) is 2.15. The predicted molar refractivity (Wildman–Crippen MR) is 78.0 cm³/mol. The fourth-order valence-corrected chi connectivity index (χ4v) is 3.64. The maximum Gasteiger partial charge on any atom is 0.236 e. The van der Waals surface area contributed by atoms with Gasteiger partial charge in [0.25, 0.3) is 0 Å². The Labute approximate surface area is 115 Å². The standard InChI is InChI=1S/C14H20N2O2S/c1-12-11-16(13(2)10-15-12)19(17,18)9-8-14-6-4-3-5-7-14/h3-9,12-13,15H,10-11H2,1-2H3. The van der Waals surface area contributed by atoms with Gasteiger partial charge in [-0.15, -0.1) is 0 Å². The molecule has 1 aliphatic heterocycles. The van der Waals surface area contributed by atoms with Crippen LogP contribution in [0.4, 0.5) is 0 Å². The van der Waals surface area contributed by atoms with E-state index in [9.17, 15) is 8.42 Å². The molecule has 104 valence electrons. The third kappa shape index (κ3) is 3.65. The van der Waals surface area contributed by atoms with E-state index in [1.54, 1.807) is 10.4 Å². The molecule has 19 heavy (non-hydrogen) atoms. The van der Waals surface area contributed by atoms with Crippen molar-refractivity contribution in [2.75, 3.05) is 13.1 Å². The molecule has 1 aromatic carbocycles. The number of rotatable bonds is 3. The highest BCUT2D eigenvalue weighted by atomic mass is 32.2. The van der Waals surface area contributed by atoms with E-state index >= 15 is 0 Å². The summed E-state index contributed by atoms with van der Waals surface area (Å²) in [6.45, 7) is 5.13. The Morgan fingerprint density at radius 2 is 1.95 bits per heavy atom. The second-order valence-corrected chi connectivity index (χ2v) is 6.76. The SMILES string of the molecule is CC1CN(S(=O)(=O)C=Cc2ccccc2)C(C)CN1. The molecule has 2 rings (SSSR count). The van der Waals surface area contributed by atoms with Gasteiger partial charge in [0.05, 0.1) is 0 Å². The van der Waals surface area contributed by atoms with Crippen LogP contribution in [0.15, 0.2) is 35.7 Å². The minimum atomic E-state index is -3.35. The van der Waals surface area contributed by atoms with Gasteiger partial charge in [0.1, 0.15) is 0 Å². The van der Waals surface area contributed by atoms with Crippen LogP contribution in [0.25, 0.3) is 6.08 Å². The van der Waals surface area contributed by atoms with Crippen LogP contribution < -0.4 is 5.32 Å². The van der Waals surface area contributed by atoms with Gasteiger partial charge in [0.2, 0.25) is 10.0 Å². The van der Waals surface area contributed by atoms with E-state index < -0.39 is 10.0 Å². The van der Waals surface area contributed by atoms with E-state index in [1.165, 1.54) is 5.41 Å². The molecule has 0 bridgehead atoms. The van der Waals surface area contributed by atoms with Gasteiger partial charge in [0.15, 0.2) is 0 Å². The minimum Gasteiger partial charge on any atom is -0.311 e. The smallest absolute Gasteiger partial charge is 0.236 e. The first kappa shape index (κ1) is 14.2. The van der Waals surface area contributed by atoms with Crippen LogP contribution in [-0.4, -0.2) is 37.9 Å². The van der Waals surface area contributed by atoms with Crippen LogP contribution in [0, 0.1) is 0 Å². The average Bonchev–Trinajstić information content (AvgIpc) is 2.40. The van der Waals surface area contributed by atoms with Crippen molar-refractivity contribution in [1.29, 1.82) is 0 Å². The maximum absolute atomic E-state index is 12.3. The monoisotopic (exact) mass is 280 g/mol. The molecule has 1 N–H and O–H groups in total. The van der Waals surface area contributed by atoms with Crippen molar-refractivity contribution in [3.8, 4) is 0 Å². The van der Waals surface area contributed by atoms with Gasteiger partial charge in [-0.05, 0) is 25.5 Å². The molecule has 1 heterocycles. The van der Waals surface area contributed by atoms with Gasteiger partial charge in [-0.2, -0.15) is 4.31 Å². The van der Waals surface area contributed by atoms with E-state index in [4.69, 9.17) is 0 Å². The molecule has 0 spiro atoms. The van der Waals surface area contributed by atoms with E-state index in [0.29, 0.717) is 13.1 Å². The number of nitrogens with one attached hydrogen (secondary N) is 1. The number of nitrogens with zero attached hydrogens (tertiary/aromatic N) is 1. The summed E-state index contributed by atoms with van der Waals surface area (Å²) >= 11 is 0. The molecule has 0 aliphatic carbocycles. The normalized spacial score (nSPS) is 25.8. The average molecular weight is 280 g/mol. The van der Waals surface area contributed by atoms with E-state index in [1.807, 2.05) is 44.2 Å². The van der Waals surface area contributed by atoms with Gasteiger partial charge in [-0.25, -0.2) is 8.42 Å². The Balaban J connectivity index is 2.16. The summed E-state index contributed by atoms with van der Waals surface area (Å²) in [6.07, 6.45) is 1.65. The molecule has 4 nitrogen and oxygen atoms in total. The molecular weight excluding hydrogens is 260 g/mol. The lowest BCUT2D eigenvalue weighted by Gasteiger charge is -2.35. The molecule has 1 fully saturated rings. The highest BCUT2D eigenvalue weighted by Crippen LogP contribution is 2.15. The van der Waals surface area contributed by atoms with Gasteiger partial charge >= 0.3 is 0 Å². The summed E-state index contributed by atoms with van der Waals surface area (Å²) in [6, 6.07) is 9.64. The molecule has 0 saturated carbocycles. The second-order valence-electron chi connectivity index (χ2n) is 4.99. The Morgan fingerprint density at radius 1 is 1.26 bits per heavy atom. The Hall–Kier alpha value is -1.17. The minimum absolute atomic E-state index is 0.0124. The number of hydrogen-bond donors (Lipinski definition) is 1. The van der Waals surface area contributed by atoms with E-state index in [2.05, 4.69) is 5.32 Å². The fraction of sp³-hybridized carbons (Fsp3) is 0.429. The van der Waals surface area contributed by atoms with Crippen LogP contribution >= 0.6 is 0 Å². The zero-order valence-electron chi connectivity index (χ0n) is 11.3. The maximum atomic E-state index is 12.3. The Kier molecular flexibility index (Phi) is 4.39. The van der Waals surface area contributed by atoms with Gasteiger partial charge < -0.3 is 5.32 Å². The summed E-state index contributed by atoms with van der Waals surface area (Å²) in [5.41, 5.74) is 0.891. The zero-order chi connectivity index (χ0) is 13.9. The van der Waals surface area contributed by atoms with Crippen LogP contribution in [0.2, 0.25) is 0 Å². The lowest BCUT2D eigenvalue weighted by atomic mass is 10.2. The topological polar surface area (TPSA) is 49.4 Å². The van der Waals surface area contributed by atoms with Crippen LogP contribution in [0.5, 0.6) is 0 Å². The third-order valence-corrected chi connectivity index (χ3v) is 4.91. The van der Waals surface area contributed by atoms with E-state index in [-0.39, 0.29) is 12.1 Å². The molecule has 2 unspecified atom stereocenters. The molecule has 1 saturated heterocycles. The number of hydrogen-bond acceptors (Lipinski definition) is 3. The highest BCUT2D eigenvalue weighted by molar-refractivity contribution is 7.92. The third-order valence-electron chi connectivity index (χ3n) is 3.27. The number of piperazine rings is 1. The molecule has 1 aromatic rings. The molecule has 0 amide bonds. The zero-order valence-corrected chi connectivity index (χ0v) is 12.1. The van der Waals surface area contributed by atoms with Crippen LogP contribution in [-0.2, 0) is 10.0 Å². The van der Waals surface area contributed by atoms with Crippen molar-refractivity contribution >= 4 is 16.1 Å². The molecule has 2 atom stereocenters. The largest absolute Gasteiger partial charge is 0.311 e. The van der Waals surface area contributed by atoms with Crippen molar-refractivity contribution in [3.63, 3.8) is 0 Å². The molecule has 0 aromatic heterocycles. The summed E-state index contributed by atoms with van der Waals surface area (Å²) in [5.74, 6) is 0.